The summed E-state index contributed by atoms with van der Waals surface area (Å²) in [6.07, 6.45) is -0.593. The Morgan fingerprint density at radius 1 is 0.935 bits per heavy atom. The Balaban J connectivity index is 1.43. The van der Waals surface area contributed by atoms with Crippen LogP contribution >= 0.6 is 34.5 Å². The Hall–Kier alpha value is -3.13. The first-order valence-corrected chi connectivity index (χ1v) is 10.7. The summed E-state index contributed by atoms with van der Waals surface area (Å²) in [7, 11) is 0. The van der Waals surface area contributed by atoms with Gasteiger partial charge < -0.3 is 10.1 Å². The highest BCUT2D eigenvalue weighted by molar-refractivity contribution is 7.22. The van der Waals surface area contributed by atoms with Crippen molar-refractivity contribution in [3.8, 4) is 0 Å². The number of ether oxygens (including phenoxy) is 1. The molecule has 1 heterocycles. The molecule has 0 spiro atoms. The second-order valence-electron chi connectivity index (χ2n) is 6.44. The summed E-state index contributed by atoms with van der Waals surface area (Å²) in [6.45, 7) is 0.165. The van der Waals surface area contributed by atoms with E-state index in [1.807, 2.05) is 30.3 Å². The lowest BCUT2D eigenvalue weighted by Gasteiger charge is -2.08. The zero-order valence-corrected chi connectivity index (χ0v) is 18.2. The third-order valence-corrected chi connectivity index (χ3v) is 5.82. The predicted octanol–water partition coefficient (Wildman–Crippen LogP) is 6.60. The Labute approximate surface area is 191 Å². The summed E-state index contributed by atoms with van der Waals surface area (Å²) in [5, 5.41) is 6.34. The fraction of sp³-hybridized carbons (Fsp3) is 0.0455. The summed E-state index contributed by atoms with van der Waals surface area (Å²) >= 11 is 13.5. The van der Waals surface area contributed by atoms with Crippen LogP contribution in [0.4, 0.5) is 15.6 Å². The molecule has 4 rings (SSSR count). The van der Waals surface area contributed by atoms with Crippen molar-refractivity contribution in [3.63, 3.8) is 0 Å². The van der Waals surface area contributed by atoms with Crippen molar-refractivity contribution in [3.05, 3.63) is 87.9 Å². The van der Waals surface area contributed by atoms with E-state index < -0.39 is 12.0 Å². The lowest BCUT2D eigenvalue weighted by molar-refractivity contribution is 0.102. The molecule has 0 aliphatic rings. The number of hydrogen-bond donors (Lipinski definition) is 2. The average Bonchev–Trinajstić information content (AvgIpc) is 3.14. The van der Waals surface area contributed by atoms with Crippen molar-refractivity contribution >= 4 is 67.6 Å². The predicted molar refractivity (Wildman–Crippen MR) is 124 cm³/mol. The smallest absolute Gasteiger partial charge is 0.413 e. The third kappa shape index (κ3) is 5.14. The number of aromatic nitrogens is 1. The average molecular weight is 472 g/mol. The first-order chi connectivity index (χ1) is 15.0. The van der Waals surface area contributed by atoms with Gasteiger partial charge in [0.2, 0.25) is 0 Å². The maximum absolute atomic E-state index is 12.6. The molecule has 0 aliphatic carbocycles. The number of halogens is 2. The van der Waals surface area contributed by atoms with Crippen LogP contribution in [0.15, 0.2) is 66.7 Å². The van der Waals surface area contributed by atoms with Crippen LogP contribution in [-0.2, 0) is 11.3 Å². The van der Waals surface area contributed by atoms with E-state index in [9.17, 15) is 9.59 Å². The molecule has 9 heteroatoms. The van der Waals surface area contributed by atoms with E-state index in [2.05, 4.69) is 15.6 Å². The lowest BCUT2D eigenvalue weighted by Crippen LogP contribution is -2.13. The van der Waals surface area contributed by atoms with Crippen molar-refractivity contribution in [1.82, 2.24) is 4.98 Å². The zero-order valence-electron chi connectivity index (χ0n) is 15.9. The molecule has 31 heavy (non-hydrogen) atoms. The van der Waals surface area contributed by atoms with Gasteiger partial charge in [0, 0.05) is 5.69 Å². The number of rotatable bonds is 5. The topological polar surface area (TPSA) is 80.3 Å². The van der Waals surface area contributed by atoms with E-state index in [0.29, 0.717) is 16.3 Å². The molecule has 2 amide bonds. The van der Waals surface area contributed by atoms with Crippen LogP contribution < -0.4 is 10.6 Å². The summed E-state index contributed by atoms with van der Waals surface area (Å²) < 4.78 is 5.99. The second kappa shape index (κ2) is 9.34. The van der Waals surface area contributed by atoms with Crippen molar-refractivity contribution in [2.75, 3.05) is 10.6 Å². The molecule has 0 radical (unpaired) electrons. The number of nitrogens with zero attached hydrogens (tertiary/aromatic N) is 1. The minimum absolute atomic E-state index is 0.165. The summed E-state index contributed by atoms with van der Waals surface area (Å²) in [5.41, 5.74) is 2.33. The number of carbonyl (C=O) groups excluding carboxylic acids is 2. The van der Waals surface area contributed by atoms with Gasteiger partial charge in [-0.1, -0.05) is 70.9 Å². The number of hydrogen-bond acceptors (Lipinski definition) is 5. The van der Waals surface area contributed by atoms with Gasteiger partial charge in [-0.15, -0.1) is 0 Å². The van der Waals surface area contributed by atoms with E-state index in [1.54, 1.807) is 36.4 Å². The maximum atomic E-state index is 12.6. The molecule has 4 aromatic rings. The van der Waals surface area contributed by atoms with Gasteiger partial charge in [0.1, 0.15) is 6.61 Å². The number of fused-ring (bicyclic) bond motifs is 1. The van der Waals surface area contributed by atoms with Crippen LogP contribution in [0.1, 0.15) is 15.9 Å². The maximum Gasteiger partial charge on any atom is 0.413 e. The fourth-order valence-corrected chi connectivity index (χ4v) is 4.27. The minimum atomic E-state index is -0.593. The Bertz CT molecular complexity index is 1240. The summed E-state index contributed by atoms with van der Waals surface area (Å²) in [5.74, 6) is -0.415. The van der Waals surface area contributed by atoms with Crippen LogP contribution in [0.25, 0.3) is 10.2 Å². The quantitative estimate of drug-likeness (QED) is 0.343. The van der Waals surface area contributed by atoms with Crippen LogP contribution in [0, 0.1) is 0 Å². The molecule has 156 valence electrons. The number of carbonyl (C=O) groups is 2. The van der Waals surface area contributed by atoms with E-state index in [1.165, 1.54) is 11.3 Å². The molecule has 0 saturated heterocycles. The van der Waals surface area contributed by atoms with E-state index in [0.717, 1.165) is 10.3 Å². The van der Waals surface area contributed by atoms with Crippen LogP contribution in [-0.4, -0.2) is 17.0 Å². The van der Waals surface area contributed by atoms with Gasteiger partial charge in [-0.05, 0) is 35.9 Å². The molecule has 0 unspecified atom stereocenters. The highest BCUT2D eigenvalue weighted by atomic mass is 35.5. The van der Waals surface area contributed by atoms with E-state index in [-0.39, 0.29) is 22.2 Å². The van der Waals surface area contributed by atoms with Gasteiger partial charge >= 0.3 is 6.09 Å². The van der Waals surface area contributed by atoms with Crippen LogP contribution in [0.5, 0.6) is 0 Å². The number of benzene rings is 3. The highest BCUT2D eigenvalue weighted by Crippen LogP contribution is 2.30. The van der Waals surface area contributed by atoms with Gasteiger partial charge in [0.25, 0.3) is 5.91 Å². The van der Waals surface area contributed by atoms with Gasteiger partial charge in [0.15, 0.2) is 5.13 Å². The SMILES string of the molecule is O=C(Nc1nc2ccc(NC(=O)c3c(Cl)cccc3Cl)cc2s1)OCc1ccccc1. The van der Waals surface area contributed by atoms with Crippen molar-refractivity contribution < 1.29 is 14.3 Å². The molecule has 3 aromatic carbocycles. The van der Waals surface area contributed by atoms with E-state index >= 15 is 0 Å². The molecular formula is C22H15Cl2N3O3S. The monoisotopic (exact) mass is 471 g/mol. The van der Waals surface area contributed by atoms with E-state index in [4.69, 9.17) is 27.9 Å². The largest absolute Gasteiger partial charge is 0.444 e. The molecule has 0 saturated carbocycles. The van der Waals surface area contributed by atoms with Gasteiger partial charge in [-0.3, -0.25) is 10.1 Å². The van der Waals surface area contributed by atoms with Crippen LogP contribution in [0.3, 0.4) is 0 Å². The van der Waals surface area contributed by atoms with Crippen molar-refractivity contribution in [1.29, 1.82) is 0 Å². The van der Waals surface area contributed by atoms with Crippen molar-refractivity contribution in [2.24, 2.45) is 0 Å². The van der Waals surface area contributed by atoms with Crippen LogP contribution in [0.2, 0.25) is 10.0 Å². The first-order valence-electron chi connectivity index (χ1n) is 9.13. The molecule has 2 N–H and O–H groups in total. The number of anilines is 2. The Kier molecular flexibility index (Phi) is 6.36. The first kappa shape index (κ1) is 21.1. The molecule has 0 atom stereocenters. The van der Waals surface area contributed by atoms with Gasteiger partial charge in [-0.2, -0.15) is 0 Å². The zero-order chi connectivity index (χ0) is 21.8. The Morgan fingerprint density at radius 2 is 1.68 bits per heavy atom. The third-order valence-electron chi connectivity index (χ3n) is 4.26. The summed E-state index contributed by atoms with van der Waals surface area (Å²) in [4.78, 5) is 29.0. The normalized spacial score (nSPS) is 10.6. The second-order valence-corrected chi connectivity index (χ2v) is 8.28. The van der Waals surface area contributed by atoms with Gasteiger partial charge in [0.05, 0.1) is 25.8 Å². The minimum Gasteiger partial charge on any atom is -0.444 e. The molecule has 0 bridgehead atoms. The highest BCUT2D eigenvalue weighted by Gasteiger charge is 2.15. The van der Waals surface area contributed by atoms with Crippen molar-refractivity contribution in [2.45, 2.75) is 6.61 Å². The van der Waals surface area contributed by atoms with Gasteiger partial charge in [-0.25, -0.2) is 9.78 Å². The standard InChI is InChI=1S/C22H15Cl2N3O3S/c23-15-7-4-8-16(24)19(15)20(28)25-14-9-10-17-18(11-14)31-21(26-17)27-22(29)30-12-13-5-2-1-3-6-13/h1-11H,12H2,(H,25,28)(H,26,27,29). The fourth-order valence-electron chi connectivity index (χ4n) is 2.81. The number of nitrogens with one attached hydrogen (secondary N) is 2. The lowest BCUT2D eigenvalue weighted by atomic mass is 10.2. The molecule has 0 fully saturated rings. The summed E-state index contributed by atoms with van der Waals surface area (Å²) in [6, 6.07) is 19.5. The number of thiazole rings is 1. The molecule has 1 aromatic heterocycles. The number of amides is 2. The molecule has 0 aliphatic heterocycles. The molecular weight excluding hydrogens is 457 g/mol. The molecule has 6 nitrogen and oxygen atoms in total. The Morgan fingerprint density at radius 3 is 2.42 bits per heavy atom.